The minimum Gasteiger partial charge on any atom is -0.495 e. The van der Waals surface area contributed by atoms with Crippen molar-refractivity contribution in [3.8, 4) is 11.5 Å². The summed E-state index contributed by atoms with van der Waals surface area (Å²) in [5.41, 5.74) is 1.18. The Bertz CT molecular complexity index is 920. The van der Waals surface area contributed by atoms with Gasteiger partial charge in [-0.3, -0.25) is 4.79 Å². The van der Waals surface area contributed by atoms with E-state index in [0.29, 0.717) is 21.5 Å². The maximum Gasteiger partial charge on any atom is 0.254 e. The Hall–Kier alpha value is -2.10. The Kier molecular flexibility index (Phi) is 6.50. The first-order valence-corrected chi connectivity index (χ1v) is 10.3. The van der Waals surface area contributed by atoms with Gasteiger partial charge in [-0.1, -0.05) is 12.1 Å². The average Bonchev–Trinajstić information content (AvgIpc) is 2.65. The van der Waals surface area contributed by atoms with Crippen LogP contribution in [-0.2, 0) is 10.0 Å². The number of hydrogen-bond donors (Lipinski definition) is 1. The van der Waals surface area contributed by atoms with Gasteiger partial charge in [-0.2, -0.15) is 0 Å². The van der Waals surface area contributed by atoms with Gasteiger partial charge in [-0.15, -0.1) is 0 Å². The Morgan fingerprint density at radius 3 is 2.00 bits per heavy atom. The molecule has 2 N–H and O–H groups in total. The van der Waals surface area contributed by atoms with Gasteiger partial charge in [0.25, 0.3) is 5.91 Å². The number of methoxy groups -OCH3 is 2. The summed E-state index contributed by atoms with van der Waals surface area (Å²) in [7, 11) is 0.925. The van der Waals surface area contributed by atoms with Crippen molar-refractivity contribution in [1.82, 2.24) is 4.90 Å². The summed E-state index contributed by atoms with van der Waals surface area (Å²) >= 11 is 3.38. The molecule has 1 unspecified atom stereocenters. The molecule has 0 aliphatic carbocycles. The third-order valence-corrected chi connectivity index (χ3v) is 6.00. The van der Waals surface area contributed by atoms with Gasteiger partial charge in [0.15, 0.2) is 0 Å². The van der Waals surface area contributed by atoms with Crippen molar-refractivity contribution in [3.05, 3.63) is 52.0 Å². The molecule has 1 amide bonds. The SMILES string of the molecule is COc1cc(C(=O)N(C)C(C)c2ccc(S(N)(=O)=O)cc2)cc(OC)c1Br. The highest BCUT2D eigenvalue weighted by Crippen LogP contribution is 2.36. The molecule has 0 aromatic heterocycles. The summed E-state index contributed by atoms with van der Waals surface area (Å²) in [6.07, 6.45) is 0. The monoisotopic (exact) mass is 456 g/mol. The largest absolute Gasteiger partial charge is 0.495 e. The summed E-state index contributed by atoms with van der Waals surface area (Å²) in [5.74, 6) is 0.731. The maximum atomic E-state index is 12.9. The molecule has 7 nitrogen and oxygen atoms in total. The lowest BCUT2D eigenvalue weighted by Crippen LogP contribution is -2.29. The predicted octanol–water partition coefficient (Wildman–Crippen LogP) is 2.95. The molecule has 146 valence electrons. The van der Waals surface area contributed by atoms with Crippen molar-refractivity contribution < 1.29 is 22.7 Å². The number of carbonyl (C=O) groups excluding carboxylic acids is 1. The van der Waals surface area contributed by atoms with Gasteiger partial charge in [-0.25, -0.2) is 13.6 Å². The van der Waals surface area contributed by atoms with Gasteiger partial charge in [0, 0.05) is 12.6 Å². The fourth-order valence-corrected chi connectivity index (χ4v) is 3.60. The second-order valence-electron chi connectivity index (χ2n) is 5.90. The third kappa shape index (κ3) is 4.60. The Morgan fingerprint density at radius 1 is 1.11 bits per heavy atom. The molecule has 0 heterocycles. The van der Waals surface area contributed by atoms with E-state index in [-0.39, 0.29) is 16.8 Å². The molecular weight excluding hydrogens is 436 g/mol. The van der Waals surface area contributed by atoms with Crippen LogP contribution in [0.5, 0.6) is 11.5 Å². The van der Waals surface area contributed by atoms with Gasteiger partial charge < -0.3 is 14.4 Å². The zero-order valence-electron chi connectivity index (χ0n) is 15.4. The summed E-state index contributed by atoms with van der Waals surface area (Å²) in [4.78, 5) is 14.5. The molecule has 1 atom stereocenters. The molecule has 0 saturated carbocycles. The molecule has 0 spiro atoms. The molecule has 0 aliphatic heterocycles. The van der Waals surface area contributed by atoms with E-state index < -0.39 is 10.0 Å². The first kappa shape index (κ1) is 21.2. The molecule has 0 aliphatic rings. The number of nitrogens with zero attached hydrogens (tertiary/aromatic N) is 1. The molecule has 27 heavy (non-hydrogen) atoms. The predicted molar refractivity (Wildman–Crippen MR) is 106 cm³/mol. The van der Waals surface area contributed by atoms with E-state index in [1.165, 1.54) is 26.4 Å². The normalized spacial score (nSPS) is 12.4. The van der Waals surface area contributed by atoms with Crippen molar-refractivity contribution in [1.29, 1.82) is 0 Å². The number of halogens is 1. The van der Waals surface area contributed by atoms with Crippen molar-refractivity contribution in [2.45, 2.75) is 17.9 Å². The van der Waals surface area contributed by atoms with Crippen LogP contribution in [0.4, 0.5) is 0 Å². The fraction of sp³-hybridized carbons (Fsp3) is 0.278. The molecule has 0 saturated heterocycles. The number of rotatable bonds is 6. The minimum absolute atomic E-state index is 0.0230. The fourth-order valence-electron chi connectivity index (χ4n) is 2.53. The van der Waals surface area contributed by atoms with Crippen LogP contribution >= 0.6 is 15.9 Å². The number of hydrogen-bond acceptors (Lipinski definition) is 5. The second kappa shape index (κ2) is 8.28. The molecule has 0 fully saturated rings. The van der Waals surface area contributed by atoms with Gasteiger partial charge >= 0.3 is 0 Å². The van der Waals surface area contributed by atoms with Crippen LogP contribution in [0.15, 0.2) is 45.8 Å². The first-order chi connectivity index (χ1) is 12.6. The number of nitrogens with two attached hydrogens (primary N) is 1. The molecule has 9 heteroatoms. The van der Waals surface area contributed by atoms with Crippen LogP contribution in [0.2, 0.25) is 0 Å². The van der Waals surface area contributed by atoms with E-state index in [9.17, 15) is 13.2 Å². The standard InChI is InChI=1S/C18H21BrN2O5S/c1-11(12-5-7-14(8-6-12)27(20,23)24)21(2)18(22)13-9-15(25-3)17(19)16(10-13)26-4/h5-11H,1-4H3,(H2,20,23,24). The van der Waals surface area contributed by atoms with Gasteiger partial charge in [0.1, 0.15) is 16.0 Å². The van der Waals surface area contributed by atoms with E-state index >= 15 is 0 Å². The van der Waals surface area contributed by atoms with Crippen LogP contribution in [0.1, 0.15) is 28.9 Å². The van der Waals surface area contributed by atoms with E-state index in [4.69, 9.17) is 14.6 Å². The number of carbonyl (C=O) groups is 1. The van der Waals surface area contributed by atoms with E-state index in [1.807, 2.05) is 6.92 Å². The van der Waals surface area contributed by atoms with Crippen LogP contribution in [0, 0.1) is 0 Å². The smallest absolute Gasteiger partial charge is 0.254 e. The highest BCUT2D eigenvalue weighted by Gasteiger charge is 2.22. The van der Waals surface area contributed by atoms with Crippen LogP contribution in [0.3, 0.4) is 0 Å². The molecule has 2 aromatic carbocycles. The molecule has 0 bridgehead atoms. The highest BCUT2D eigenvalue weighted by atomic mass is 79.9. The average molecular weight is 457 g/mol. The minimum atomic E-state index is -3.76. The molecule has 2 rings (SSSR count). The van der Waals surface area contributed by atoms with E-state index in [0.717, 1.165) is 5.56 Å². The maximum absolute atomic E-state index is 12.9. The Balaban J connectivity index is 2.31. The van der Waals surface area contributed by atoms with E-state index in [2.05, 4.69) is 15.9 Å². The van der Waals surface area contributed by atoms with Crippen LogP contribution < -0.4 is 14.6 Å². The van der Waals surface area contributed by atoms with Crippen molar-refractivity contribution >= 4 is 31.9 Å². The van der Waals surface area contributed by atoms with Crippen LogP contribution in [0.25, 0.3) is 0 Å². The number of benzene rings is 2. The highest BCUT2D eigenvalue weighted by molar-refractivity contribution is 9.10. The quantitative estimate of drug-likeness (QED) is 0.719. The zero-order valence-corrected chi connectivity index (χ0v) is 17.8. The summed E-state index contributed by atoms with van der Waals surface area (Å²) in [5, 5.41) is 5.11. The third-order valence-electron chi connectivity index (χ3n) is 4.28. The lowest BCUT2D eigenvalue weighted by molar-refractivity contribution is 0.0741. The molecule has 2 aromatic rings. The Morgan fingerprint density at radius 2 is 1.59 bits per heavy atom. The summed E-state index contributed by atoms with van der Waals surface area (Å²) in [6, 6.07) is 9.07. The van der Waals surface area contributed by atoms with Crippen LogP contribution in [-0.4, -0.2) is 40.5 Å². The van der Waals surface area contributed by atoms with E-state index in [1.54, 1.807) is 36.2 Å². The summed E-state index contributed by atoms with van der Waals surface area (Å²) < 4.78 is 33.9. The number of primary sulfonamides is 1. The first-order valence-electron chi connectivity index (χ1n) is 7.91. The lowest BCUT2D eigenvalue weighted by Gasteiger charge is -2.26. The number of sulfonamides is 1. The lowest BCUT2D eigenvalue weighted by atomic mass is 10.1. The number of ether oxygens (including phenoxy) is 2. The van der Waals surface area contributed by atoms with Crippen molar-refractivity contribution in [2.24, 2.45) is 5.14 Å². The van der Waals surface area contributed by atoms with Crippen molar-refractivity contribution in [2.75, 3.05) is 21.3 Å². The van der Waals surface area contributed by atoms with Gasteiger partial charge in [0.2, 0.25) is 10.0 Å². The van der Waals surface area contributed by atoms with Gasteiger partial charge in [0.05, 0.1) is 25.2 Å². The van der Waals surface area contributed by atoms with Crippen molar-refractivity contribution in [3.63, 3.8) is 0 Å². The summed E-state index contributed by atoms with van der Waals surface area (Å²) in [6.45, 7) is 1.84. The Labute approximate surface area is 167 Å². The topological polar surface area (TPSA) is 98.9 Å². The zero-order chi connectivity index (χ0) is 20.4. The number of amides is 1. The molecule has 0 radical (unpaired) electrons. The second-order valence-corrected chi connectivity index (χ2v) is 8.26. The molecular formula is C18H21BrN2O5S. The van der Waals surface area contributed by atoms with Gasteiger partial charge in [-0.05, 0) is 52.7 Å².